The van der Waals surface area contributed by atoms with Crippen LogP contribution in [0, 0.1) is 5.82 Å². The van der Waals surface area contributed by atoms with Crippen molar-refractivity contribution in [2.24, 2.45) is 4.99 Å². The van der Waals surface area contributed by atoms with Crippen LogP contribution in [-0.4, -0.2) is 49.3 Å². The maximum atomic E-state index is 13.1. The molecule has 1 aliphatic heterocycles. The van der Waals surface area contributed by atoms with Gasteiger partial charge in [0.15, 0.2) is 23.3 Å². The van der Waals surface area contributed by atoms with Gasteiger partial charge in [-0.25, -0.2) is 9.38 Å². The van der Waals surface area contributed by atoms with Gasteiger partial charge in [-0.05, 0) is 107 Å². The fourth-order valence-electron chi connectivity index (χ4n) is 3.62. The van der Waals surface area contributed by atoms with Crippen molar-refractivity contribution < 1.29 is 28.2 Å². The van der Waals surface area contributed by atoms with E-state index >= 15 is 0 Å². The number of nitrogens with one attached hydrogen (secondary N) is 1. The molecule has 11 heteroatoms. The molecule has 4 rings (SSSR count). The Bertz CT molecular complexity index is 1430. The van der Waals surface area contributed by atoms with Crippen LogP contribution >= 0.6 is 27.7 Å². The van der Waals surface area contributed by atoms with E-state index in [-0.39, 0.29) is 12.5 Å². The molecule has 1 fully saturated rings. The molecule has 0 aliphatic carbocycles. The van der Waals surface area contributed by atoms with E-state index in [1.54, 1.807) is 30.2 Å². The number of amides is 2. The summed E-state index contributed by atoms with van der Waals surface area (Å²) in [5.74, 6) is 0.467. The lowest BCUT2D eigenvalue weighted by Gasteiger charge is -2.14. The maximum absolute atomic E-state index is 13.1. The van der Waals surface area contributed by atoms with Crippen LogP contribution in [0.5, 0.6) is 17.2 Å². The Morgan fingerprint density at radius 3 is 2.46 bits per heavy atom. The zero-order valence-electron chi connectivity index (χ0n) is 21.4. The molecule has 1 N–H and O–H groups in total. The number of anilines is 1. The minimum Gasteiger partial charge on any atom is -0.497 e. The quantitative estimate of drug-likeness (QED) is 0.287. The molecule has 3 aromatic rings. The number of nitrogens with zero attached hydrogens (tertiary/aromatic N) is 2. The second kappa shape index (κ2) is 12.8. The number of carbonyl (C=O) groups excluding carboxylic acids is 2. The number of benzene rings is 3. The van der Waals surface area contributed by atoms with Gasteiger partial charge in [0.2, 0.25) is 0 Å². The normalized spacial score (nSPS) is 15.1. The van der Waals surface area contributed by atoms with Gasteiger partial charge < -0.3 is 19.5 Å². The van der Waals surface area contributed by atoms with Crippen molar-refractivity contribution in [1.82, 2.24) is 4.90 Å². The molecule has 8 nitrogen and oxygen atoms in total. The third kappa shape index (κ3) is 6.98. The number of ether oxygens (including phenoxy) is 3. The van der Waals surface area contributed by atoms with E-state index < -0.39 is 11.7 Å². The maximum Gasteiger partial charge on any atom is 0.266 e. The fraction of sp³-hybridized carbons (Fsp3) is 0.179. The van der Waals surface area contributed by atoms with Crippen molar-refractivity contribution in [1.29, 1.82) is 0 Å². The van der Waals surface area contributed by atoms with Gasteiger partial charge in [0.1, 0.15) is 11.6 Å². The van der Waals surface area contributed by atoms with Gasteiger partial charge in [-0.1, -0.05) is 0 Å². The van der Waals surface area contributed by atoms with Gasteiger partial charge in [-0.15, -0.1) is 0 Å². The van der Waals surface area contributed by atoms with Crippen LogP contribution in [0.25, 0.3) is 6.08 Å². The topological polar surface area (TPSA) is 89.5 Å². The molecule has 0 radical (unpaired) electrons. The van der Waals surface area contributed by atoms with Crippen LogP contribution in [0.2, 0.25) is 0 Å². The van der Waals surface area contributed by atoms with Gasteiger partial charge in [-0.2, -0.15) is 0 Å². The Morgan fingerprint density at radius 2 is 1.82 bits per heavy atom. The van der Waals surface area contributed by atoms with E-state index in [9.17, 15) is 14.0 Å². The second-order valence-electron chi connectivity index (χ2n) is 8.13. The average Bonchev–Trinajstić information content (AvgIpc) is 3.22. The molecule has 39 heavy (non-hydrogen) atoms. The van der Waals surface area contributed by atoms with Crippen LogP contribution in [0.3, 0.4) is 0 Å². The molecule has 3 aromatic carbocycles. The summed E-state index contributed by atoms with van der Waals surface area (Å²) >= 11 is 4.76. The van der Waals surface area contributed by atoms with E-state index in [2.05, 4.69) is 26.2 Å². The zero-order chi connectivity index (χ0) is 27.9. The third-order valence-corrected chi connectivity index (χ3v) is 7.12. The van der Waals surface area contributed by atoms with Gasteiger partial charge in [0.05, 0.1) is 29.3 Å². The summed E-state index contributed by atoms with van der Waals surface area (Å²) in [6.45, 7) is 2.07. The molecule has 1 aliphatic rings. The second-order valence-corrected chi connectivity index (χ2v) is 9.99. The van der Waals surface area contributed by atoms with Crippen molar-refractivity contribution in [3.63, 3.8) is 0 Å². The monoisotopic (exact) mass is 613 g/mol. The van der Waals surface area contributed by atoms with E-state index in [0.717, 1.165) is 5.75 Å². The molecule has 0 bridgehead atoms. The highest BCUT2D eigenvalue weighted by Crippen LogP contribution is 2.39. The van der Waals surface area contributed by atoms with E-state index in [4.69, 9.17) is 14.2 Å². The lowest BCUT2D eigenvalue weighted by atomic mass is 10.2. The Kier molecular flexibility index (Phi) is 9.26. The highest BCUT2D eigenvalue weighted by atomic mass is 79.9. The summed E-state index contributed by atoms with van der Waals surface area (Å²) in [4.78, 5) is 32.2. The lowest BCUT2D eigenvalue weighted by molar-refractivity contribution is -0.122. The molecule has 1 saturated heterocycles. The average molecular weight is 614 g/mol. The van der Waals surface area contributed by atoms with Gasteiger partial charge in [0.25, 0.3) is 11.8 Å². The number of halogens is 2. The Balaban J connectivity index is 1.50. The minimum atomic E-state index is -0.418. The van der Waals surface area contributed by atoms with Crippen LogP contribution in [0.15, 0.2) is 75.0 Å². The van der Waals surface area contributed by atoms with Gasteiger partial charge >= 0.3 is 0 Å². The number of carbonyl (C=O) groups is 2. The van der Waals surface area contributed by atoms with Crippen molar-refractivity contribution in [3.8, 4) is 17.2 Å². The first-order valence-electron chi connectivity index (χ1n) is 11.8. The van der Waals surface area contributed by atoms with Gasteiger partial charge in [-0.3, -0.25) is 14.5 Å². The highest BCUT2D eigenvalue weighted by molar-refractivity contribution is 9.10. The predicted octanol–water partition coefficient (Wildman–Crippen LogP) is 6.25. The van der Waals surface area contributed by atoms with Gasteiger partial charge in [0, 0.05) is 12.2 Å². The number of amidine groups is 1. The number of thioether (sulfide) groups is 1. The summed E-state index contributed by atoms with van der Waals surface area (Å²) in [6, 6.07) is 16.2. The van der Waals surface area contributed by atoms with Crippen molar-refractivity contribution >= 4 is 62.1 Å². The van der Waals surface area contributed by atoms with Crippen LogP contribution in [-0.2, 0) is 9.59 Å². The molecule has 0 saturated carbocycles. The van der Waals surface area contributed by atoms with Crippen molar-refractivity contribution in [3.05, 3.63) is 81.4 Å². The summed E-state index contributed by atoms with van der Waals surface area (Å²) in [5, 5.41) is 3.22. The Hall–Kier alpha value is -3.83. The smallest absolute Gasteiger partial charge is 0.266 e. The molecule has 0 spiro atoms. The van der Waals surface area contributed by atoms with Crippen molar-refractivity contribution in [2.75, 3.05) is 32.7 Å². The standard InChI is InChI=1S/C28H25BrFN3O5S/c1-4-33-27(35)24(39-28(33)32-20-9-11-21(36-2)12-10-20)15-17-13-22(29)26(23(14-17)37-3)38-16-25(34)31-19-7-5-18(30)6-8-19/h5-15H,4,16H2,1-3H3,(H,31,34)/b24-15+,32-28?. The molecular formula is C28H25BrFN3O5S. The molecule has 1 heterocycles. The number of hydrogen-bond donors (Lipinski definition) is 1. The number of hydrogen-bond acceptors (Lipinski definition) is 7. The number of rotatable bonds is 9. The summed E-state index contributed by atoms with van der Waals surface area (Å²) < 4.78 is 30.0. The molecular weight excluding hydrogens is 589 g/mol. The highest BCUT2D eigenvalue weighted by Gasteiger charge is 2.32. The van der Waals surface area contributed by atoms with E-state index in [1.165, 1.54) is 43.1 Å². The zero-order valence-corrected chi connectivity index (χ0v) is 23.8. The number of aliphatic imine (C=N–C) groups is 1. The summed E-state index contributed by atoms with van der Waals surface area (Å²) in [6.07, 6.45) is 1.75. The van der Waals surface area contributed by atoms with Crippen molar-refractivity contribution in [2.45, 2.75) is 6.92 Å². The lowest BCUT2D eigenvalue weighted by Crippen LogP contribution is -2.28. The fourth-order valence-corrected chi connectivity index (χ4v) is 5.26. The Morgan fingerprint density at radius 1 is 1.10 bits per heavy atom. The number of methoxy groups -OCH3 is 2. The van der Waals surface area contributed by atoms with E-state index in [0.29, 0.717) is 49.5 Å². The van der Waals surface area contributed by atoms with Crippen LogP contribution < -0.4 is 19.5 Å². The first-order chi connectivity index (χ1) is 18.8. The summed E-state index contributed by atoms with van der Waals surface area (Å²) in [5.41, 5.74) is 1.85. The molecule has 0 unspecified atom stereocenters. The largest absolute Gasteiger partial charge is 0.497 e. The Labute approximate surface area is 238 Å². The third-order valence-electron chi connectivity index (χ3n) is 5.53. The first kappa shape index (κ1) is 28.2. The molecule has 0 aromatic heterocycles. The van der Waals surface area contributed by atoms with Crippen LogP contribution in [0.1, 0.15) is 12.5 Å². The summed E-state index contributed by atoms with van der Waals surface area (Å²) in [7, 11) is 3.08. The first-order valence-corrected chi connectivity index (χ1v) is 13.4. The van der Waals surface area contributed by atoms with E-state index in [1.807, 2.05) is 31.2 Å². The predicted molar refractivity (Wildman–Crippen MR) is 154 cm³/mol. The SMILES string of the molecule is CCN1C(=O)/C(=C\c2cc(Br)c(OCC(=O)Nc3ccc(F)cc3)c(OC)c2)SC1=Nc1ccc(OC)cc1. The molecule has 202 valence electrons. The minimum absolute atomic E-state index is 0.150. The van der Waals surface area contributed by atoms with Crippen LogP contribution in [0.4, 0.5) is 15.8 Å². The molecule has 0 atom stereocenters. The molecule has 2 amide bonds. The number of likely N-dealkylation sites (N-methyl/N-ethyl adjacent to an activating group) is 1.